The highest BCUT2D eigenvalue weighted by Crippen LogP contribution is 2.38. The molecule has 0 radical (unpaired) electrons. The van der Waals surface area contributed by atoms with Crippen molar-refractivity contribution in [1.82, 2.24) is 10.2 Å². The molecule has 3 atom stereocenters. The van der Waals surface area contributed by atoms with Gasteiger partial charge in [0, 0.05) is 31.3 Å². The Balaban J connectivity index is 1.67. The minimum atomic E-state index is -3.57. The molecule has 0 aromatic heterocycles. The number of carbonyl (C=O) groups excluding carboxylic acids is 2. The summed E-state index contributed by atoms with van der Waals surface area (Å²) in [4.78, 5) is 44.7. The minimum Gasteiger partial charge on any atom is -0.481 e. The van der Waals surface area contributed by atoms with Gasteiger partial charge in [0.25, 0.3) is 5.92 Å². The highest BCUT2D eigenvalue weighted by atomic mass is 35.5. The van der Waals surface area contributed by atoms with Crippen LogP contribution < -0.4 is 5.32 Å². The van der Waals surface area contributed by atoms with Gasteiger partial charge in [-0.3, -0.25) is 19.4 Å². The van der Waals surface area contributed by atoms with E-state index in [2.05, 4.69) is 10.3 Å². The van der Waals surface area contributed by atoms with Crippen molar-refractivity contribution in [3.05, 3.63) is 33.6 Å². The van der Waals surface area contributed by atoms with E-state index in [0.29, 0.717) is 26.0 Å². The second kappa shape index (κ2) is 12.6. The van der Waals surface area contributed by atoms with Crippen molar-refractivity contribution in [2.75, 3.05) is 6.54 Å². The Labute approximate surface area is 252 Å². The van der Waals surface area contributed by atoms with E-state index in [1.165, 1.54) is 4.90 Å². The molecule has 1 saturated carbocycles. The van der Waals surface area contributed by atoms with E-state index in [-0.39, 0.29) is 53.4 Å². The molecule has 1 amide bonds. The van der Waals surface area contributed by atoms with E-state index >= 15 is 8.78 Å². The third-order valence-electron chi connectivity index (χ3n) is 8.85. The van der Waals surface area contributed by atoms with Gasteiger partial charge >= 0.3 is 5.97 Å². The number of halogens is 5. The number of benzene rings is 1. The number of aliphatic imine (C=N–C) groups is 1. The predicted octanol–water partition coefficient (Wildman–Crippen LogP) is 5.82. The largest absolute Gasteiger partial charge is 0.481 e. The summed E-state index contributed by atoms with van der Waals surface area (Å²) in [6.45, 7) is 1.66. The fourth-order valence-corrected chi connectivity index (χ4v) is 7.07. The van der Waals surface area contributed by atoms with E-state index in [1.54, 1.807) is 6.92 Å². The number of hydrogen-bond acceptors (Lipinski definition) is 6. The van der Waals surface area contributed by atoms with E-state index in [4.69, 9.17) is 28.6 Å². The molecule has 230 valence electrons. The Hall–Kier alpha value is -2.50. The van der Waals surface area contributed by atoms with Gasteiger partial charge in [0.05, 0.1) is 39.3 Å². The Morgan fingerprint density at radius 1 is 1.17 bits per heavy atom. The van der Waals surface area contributed by atoms with Crippen molar-refractivity contribution in [2.45, 2.75) is 95.3 Å². The van der Waals surface area contributed by atoms with Gasteiger partial charge in [-0.05, 0) is 70.4 Å². The molecule has 0 spiro atoms. The smallest absolute Gasteiger partial charge is 0.309 e. The number of alkyl halides is 2. The average Bonchev–Trinajstić information content (AvgIpc) is 3.24. The van der Waals surface area contributed by atoms with E-state index in [0.717, 1.165) is 25.0 Å². The van der Waals surface area contributed by atoms with E-state index < -0.39 is 65.1 Å². The van der Waals surface area contributed by atoms with Gasteiger partial charge in [-0.25, -0.2) is 13.2 Å². The molecular weight excluding hydrogens is 596 g/mol. The van der Waals surface area contributed by atoms with Crippen LogP contribution in [0.2, 0.25) is 10.0 Å². The van der Waals surface area contributed by atoms with Crippen molar-refractivity contribution < 1.29 is 32.7 Å². The molecule has 2 heterocycles. The molecular formula is C29H35Cl2F3N4O4. The Morgan fingerprint density at radius 2 is 1.71 bits per heavy atom. The summed E-state index contributed by atoms with van der Waals surface area (Å²) in [7, 11) is 0. The highest BCUT2D eigenvalue weighted by Gasteiger charge is 2.45. The number of aliphatic carboxylic acids is 1. The van der Waals surface area contributed by atoms with Crippen LogP contribution in [0.3, 0.4) is 0 Å². The van der Waals surface area contributed by atoms with Gasteiger partial charge in [0.15, 0.2) is 5.78 Å². The first-order valence-electron chi connectivity index (χ1n) is 14.1. The molecule has 8 nitrogen and oxygen atoms in total. The molecule has 3 aliphatic rings. The fourth-order valence-electron chi connectivity index (χ4n) is 6.40. The van der Waals surface area contributed by atoms with Crippen LogP contribution >= 0.6 is 23.2 Å². The number of nitrogens with one attached hydrogen (secondary N) is 2. The monoisotopic (exact) mass is 630 g/mol. The zero-order chi connectivity index (χ0) is 31.0. The first-order valence-corrected chi connectivity index (χ1v) is 14.8. The number of piperidine rings is 1. The zero-order valence-electron chi connectivity index (χ0n) is 23.4. The van der Waals surface area contributed by atoms with Crippen LogP contribution in [-0.2, 0) is 9.59 Å². The summed E-state index contributed by atoms with van der Waals surface area (Å²) in [5, 5.41) is 20.5. The number of carboxylic acids is 1. The van der Waals surface area contributed by atoms with Crippen LogP contribution in [0.15, 0.2) is 17.1 Å². The van der Waals surface area contributed by atoms with Gasteiger partial charge in [-0.1, -0.05) is 23.2 Å². The number of carbonyl (C=O) groups is 3. The Kier molecular flexibility index (Phi) is 9.74. The van der Waals surface area contributed by atoms with Gasteiger partial charge in [-0.2, -0.15) is 0 Å². The second-order valence-corrected chi connectivity index (χ2v) is 12.9. The lowest BCUT2D eigenvalue weighted by Gasteiger charge is -2.39. The van der Waals surface area contributed by atoms with Crippen LogP contribution in [0.25, 0.3) is 0 Å². The molecule has 3 unspecified atom stereocenters. The maximum atomic E-state index is 15.1. The van der Waals surface area contributed by atoms with Crippen LogP contribution in [-0.4, -0.2) is 76.2 Å². The second-order valence-electron chi connectivity index (χ2n) is 12.0. The SMILES string of the molecule is CC(F)(F)C(=NC1CCC(C)(C(=O)O)CC1)C(C=N)C(=O)N(CC(=O)c1c(Cl)cc(F)cc1Cl)C1CC2CCC(C1)N2. The summed E-state index contributed by atoms with van der Waals surface area (Å²) in [5.41, 5.74) is -1.95. The molecule has 1 aliphatic carbocycles. The van der Waals surface area contributed by atoms with Gasteiger partial charge in [-0.15, -0.1) is 0 Å². The van der Waals surface area contributed by atoms with Crippen molar-refractivity contribution in [1.29, 1.82) is 5.41 Å². The van der Waals surface area contributed by atoms with Crippen molar-refractivity contribution in [3.63, 3.8) is 0 Å². The predicted molar refractivity (Wildman–Crippen MR) is 154 cm³/mol. The quantitative estimate of drug-likeness (QED) is 0.222. The number of nitrogens with zero attached hydrogens (tertiary/aromatic N) is 2. The lowest BCUT2D eigenvalue weighted by molar-refractivity contribution is -0.149. The topological polar surface area (TPSA) is 123 Å². The molecule has 1 aromatic carbocycles. The van der Waals surface area contributed by atoms with E-state index in [9.17, 15) is 23.9 Å². The third kappa shape index (κ3) is 7.00. The van der Waals surface area contributed by atoms with Gasteiger partial charge in [0.2, 0.25) is 5.91 Å². The molecule has 13 heteroatoms. The van der Waals surface area contributed by atoms with Crippen molar-refractivity contribution in [3.8, 4) is 0 Å². The van der Waals surface area contributed by atoms with Crippen LogP contribution in [0, 0.1) is 22.6 Å². The third-order valence-corrected chi connectivity index (χ3v) is 9.44. The number of carboxylic acid groups (broad SMARTS) is 1. The van der Waals surface area contributed by atoms with Gasteiger partial charge < -0.3 is 20.7 Å². The lowest BCUT2D eigenvalue weighted by Crippen LogP contribution is -2.55. The average molecular weight is 632 g/mol. The minimum absolute atomic E-state index is 0.0853. The summed E-state index contributed by atoms with van der Waals surface area (Å²) in [5.74, 6) is -8.59. The number of ketones is 1. The number of amides is 1. The highest BCUT2D eigenvalue weighted by molar-refractivity contribution is 6.40. The zero-order valence-corrected chi connectivity index (χ0v) is 25.0. The Morgan fingerprint density at radius 3 is 2.19 bits per heavy atom. The molecule has 2 aliphatic heterocycles. The normalized spacial score (nSPS) is 28.7. The van der Waals surface area contributed by atoms with Crippen molar-refractivity contribution >= 4 is 52.8 Å². The maximum Gasteiger partial charge on any atom is 0.309 e. The van der Waals surface area contributed by atoms with Gasteiger partial charge in [0.1, 0.15) is 11.7 Å². The first kappa shape index (κ1) is 32.4. The van der Waals surface area contributed by atoms with Crippen molar-refractivity contribution in [2.24, 2.45) is 16.3 Å². The molecule has 4 rings (SSSR count). The van der Waals surface area contributed by atoms with E-state index in [1.807, 2.05) is 0 Å². The summed E-state index contributed by atoms with van der Waals surface area (Å²) in [6.07, 6.45) is 4.28. The standard InChI is InChI=1S/C29H35Cl2F3N4O4/c1-28(27(41)42)7-5-16(6-8-28)37-25(29(2,33)34)20(13-35)26(40)38(19-11-17-3-4-18(12-19)36-17)14-23(39)24-21(30)9-15(32)10-22(24)31/h9-10,13,16-20,35-36H,3-8,11-12,14H2,1-2H3,(H,41,42). The number of rotatable bonds is 10. The molecule has 42 heavy (non-hydrogen) atoms. The Bertz CT molecular complexity index is 1240. The molecule has 1 aromatic rings. The molecule has 3 fully saturated rings. The summed E-state index contributed by atoms with van der Waals surface area (Å²) < 4.78 is 44.0. The summed E-state index contributed by atoms with van der Waals surface area (Å²) >= 11 is 12.3. The number of Topliss-reactive ketones (excluding diaryl/α,β-unsaturated/α-hetero) is 1. The van der Waals surface area contributed by atoms with Crippen LogP contribution in [0.5, 0.6) is 0 Å². The number of hydrogen-bond donors (Lipinski definition) is 3. The molecule has 2 saturated heterocycles. The summed E-state index contributed by atoms with van der Waals surface area (Å²) in [6, 6.07) is 0.900. The maximum absolute atomic E-state index is 15.1. The fraction of sp³-hybridized carbons (Fsp3) is 0.621. The first-order chi connectivity index (χ1) is 19.6. The molecule has 3 N–H and O–H groups in total. The molecule has 2 bridgehead atoms. The van der Waals surface area contributed by atoms with Crippen LogP contribution in [0.1, 0.15) is 75.6 Å². The van der Waals surface area contributed by atoms with Crippen LogP contribution in [0.4, 0.5) is 13.2 Å². The number of fused-ring (bicyclic) bond motifs is 2. The lowest BCUT2D eigenvalue weighted by atomic mass is 9.74.